The second-order valence-corrected chi connectivity index (χ2v) is 11.7. The third-order valence-corrected chi connectivity index (χ3v) is 9.01. The summed E-state index contributed by atoms with van der Waals surface area (Å²) in [5, 5.41) is 3.99. The molecule has 6 nitrogen and oxygen atoms in total. The summed E-state index contributed by atoms with van der Waals surface area (Å²) in [6, 6.07) is 8.73. The average Bonchev–Trinajstić information content (AvgIpc) is 3.23. The van der Waals surface area contributed by atoms with E-state index in [-0.39, 0.29) is 17.3 Å². The monoisotopic (exact) mass is 480 g/mol. The molecule has 1 aromatic heterocycles. The largest absolute Gasteiger partial charge is 0.360 e. The van der Waals surface area contributed by atoms with E-state index in [1.165, 1.54) is 31.4 Å². The first-order valence-corrected chi connectivity index (χ1v) is 13.4. The number of amides is 1. The van der Waals surface area contributed by atoms with E-state index in [9.17, 15) is 9.18 Å². The van der Waals surface area contributed by atoms with Crippen LogP contribution in [0.5, 0.6) is 0 Å². The van der Waals surface area contributed by atoms with Gasteiger partial charge in [0.15, 0.2) is 5.76 Å². The van der Waals surface area contributed by atoms with Crippen LogP contribution >= 0.6 is 0 Å². The van der Waals surface area contributed by atoms with Crippen molar-refractivity contribution in [3.05, 3.63) is 53.2 Å². The summed E-state index contributed by atoms with van der Waals surface area (Å²) in [6.07, 6.45) is 7.50. The number of aryl methyl sites for hydroxylation is 1. The number of carbonyl (C=O) groups is 1. The Morgan fingerprint density at radius 2 is 1.63 bits per heavy atom. The molecule has 1 saturated heterocycles. The lowest BCUT2D eigenvalue weighted by atomic mass is 9.52. The minimum atomic E-state index is -0.222. The van der Waals surface area contributed by atoms with E-state index in [0.717, 1.165) is 86.8 Å². The van der Waals surface area contributed by atoms with Gasteiger partial charge in [-0.05, 0) is 80.9 Å². The Hall–Kier alpha value is -2.25. The van der Waals surface area contributed by atoms with Crippen LogP contribution in [0, 0.1) is 30.5 Å². The highest BCUT2D eigenvalue weighted by atomic mass is 19.1. The Labute approximate surface area is 207 Å². The van der Waals surface area contributed by atoms with E-state index < -0.39 is 0 Å². The van der Waals surface area contributed by atoms with Crippen molar-refractivity contribution in [2.45, 2.75) is 64.1 Å². The first-order chi connectivity index (χ1) is 16.9. The summed E-state index contributed by atoms with van der Waals surface area (Å²) in [5.41, 5.74) is 1.93. The fraction of sp³-hybridized carbons (Fsp3) is 0.643. The van der Waals surface area contributed by atoms with Crippen LogP contribution in [0.3, 0.4) is 0 Å². The van der Waals surface area contributed by atoms with Gasteiger partial charge in [-0.2, -0.15) is 0 Å². The Balaban J connectivity index is 1.14. The number of aromatic nitrogens is 1. The molecule has 0 atom stereocenters. The fourth-order valence-electron chi connectivity index (χ4n) is 7.78. The molecular formula is C28H37FN4O2. The number of nitrogens with zero attached hydrogens (tertiary/aromatic N) is 4. The van der Waals surface area contributed by atoms with Gasteiger partial charge in [-0.25, -0.2) is 4.39 Å². The normalized spacial score (nSPS) is 30.6. The van der Waals surface area contributed by atoms with Crippen molar-refractivity contribution in [3.63, 3.8) is 0 Å². The molecule has 4 aliphatic carbocycles. The Morgan fingerprint density at radius 3 is 2.20 bits per heavy atom. The fourth-order valence-corrected chi connectivity index (χ4v) is 7.78. The highest BCUT2D eigenvalue weighted by molar-refractivity contribution is 5.79. The predicted molar refractivity (Wildman–Crippen MR) is 131 cm³/mol. The number of benzene rings is 1. The lowest BCUT2D eigenvalue weighted by Gasteiger charge is -2.60. The molecule has 5 aliphatic rings. The van der Waals surface area contributed by atoms with Crippen molar-refractivity contribution < 1.29 is 13.7 Å². The van der Waals surface area contributed by atoms with Gasteiger partial charge in [0.05, 0.1) is 18.8 Å². The van der Waals surface area contributed by atoms with Gasteiger partial charge in [0.1, 0.15) is 5.82 Å². The topological polar surface area (TPSA) is 52.8 Å². The zero-order chi connectivity index (χ0) is 24.0. The van der Waals surface area contributed by atoms with Crippen molar-refractivity contribution in [1.82, 2.24) is 19.9 Å². The van der Waals surface area contributed by atoms with Gasteiger partial charge >= 0.3 is 0 Å². The summed E-state index contributed by atoms with van der Waals surface area (Å²) in [5.74, 6) is 3.24. The molecule has 0 radical (unpaired) electrons. The van der Waals surface area contributed by atoms with Crippen LogP contribution in [0.15, 0.2) is 34.9 Å². The van der Waals surface area contributed by atoms with Gasteiger partial charge in [0.25, 0.3) is 0 Å². The molecule has 4 saturated carbocycles. The summed E-state index contributed by atoms with van der Waals surface area (Å²) in [4.78, 5) is 20.9. The molecule has 4 bridgehead atoms. The zero-order valence-corrected chi connectivity index (χ0v) is 20.8. The Morgan fingerprint density at radius 1 is 1.03 bits per heavy atom. The van der Waals surface area contributed by atoms with Crippen molar-refractivity contribution in [1.29, 1.82) is 0 Å². The van der Waals surface area contributed by atoms with E-state index in [1.54, 1.807) is 0 Å². The van der Waals surface area contributed by atoms with Crippen LogP contribution in [0.4, 0.5) is 4.39 Å². The van der Waals surface area contributed by atoms with Crippen LogP contribution in [-0.2, 0) is 17.9 Å². The minimum absolute atomic E-state index is 0.00775. The lowest BCUT2D eigenvalue weighted by molar-refractivity contribution is -0.154. The molecule has 2 aromatic rings. The molecule has 35 heavy (non-hydrogen) atoms. The van der Waals surface area contributed by atoms with Crippen LogP contribution in [0.2, 0.25) is 0 Å². The van der Waals surface area contributed by atoms with Crippen molar-refractivity contribution in [2.75, 3.05) is 32.7 Å². The first kappa shape index (κ1) is 23.2. The number of piperazine rings is 1. The van der Waals surface area contributed by atoms with Crippen LogP contribution in [-0.4, -0.2) is 64.0 Å². The molecule has 5 fully saturated rings. The van der Waals surface area contributed by atoms with Gasteiger partial charge in [0.2, 0.25) is 5.91 Å². The van der Waals surface area contributed by atoms with Gasteiger partial charge in [-0.3, -0.25) is 14.6 Å². The van der Waals surface area contributed by atoms with E-state index in [4.69, 9.17) is 4.52 Å². The van der Waals surface area contributed by atoms with Crippen LogP contribution in [0.25, 0.3) is 0 Å². The van der Waals surface area contributed by atoms with Gasteiger partial charge in [0, 0.05) is 44.3 Å². The summed E-state index contributed by atoms with van der Waals surface area (Å²) < 4.78 is 19.0. The SMILES string of the molecule is Cc1cc(CN2CCN(CC(=O)N(Cc3ccc(F)cc3)C34CC5CC(CC(C5)C3)C4)CC2)on1. The zero-order valence-electron chi connectivity index (χ0n) is 20.8. The summed E-state index contributed by atoms with van der Waals surface area (Å²) in [7, 11) is 0. The van der Waals surface area contributed by atoms with E-state index in [0.29, 0.717) is 13.1 Å². The molecule has 0 N–H and O–H groups in total. The van der Waals surface area contributed by atoms with Gasteiger partial charge < -0.3 is 9.42 Å². The molecule has 7 heteroatoms. The third kappa shape index (κ3) is 4.90. The highest BCUT2D eigenvalue weighted by Crippen LogP contribution is 2.58. The Kier molecular flexibility index (Phi) is 6.17. The molecule has 0 spiro atoms. The van der Waals surface area contributed by atoms with E-state index in [1.807, 2.05) is 25.1 Å². The van der Waals surface area contributed by atoms with Gasteiger partial charge in [-0.1, -0.05) is 17.3 Å². The molecule has 188 valence electrons. The minimum Gasteiger partial charge on any atom is -0.360 e. The van der Waals surface area contributed by atoms with Gasteiger partial charge in [-0.15, -0.1) is 0 Å². The van der Waals surface area contributed by atoms with Crippen molar-refractivity contribution in [3.8, 4) is 0 Å². The first-order valence-electron chi connectivity index (χ1n) is 13.4. The smallest absolute Gasteiger partial charge is 0.237 e. The maximum Gasteiger partial charge on any atom is 0.237 e. The molecule has 0 unspecified atom stereocenters. The summed E-state index contributed by atoms with van der Waals surface area (Å²) in [6.45, 7) is 7.37. The molecule has 1 aliphatic heterocycles. The maximum atomic E-state index is 13.9. The molecular weight excluding hydrogens is 443 g/mol. The quantitative estimate of drug-likeness (QED) is 0.594. The lowest BCUT2D eigenvalue weighted by Crippen LogP contribution is -2.62. The summed E-state index contributed by atoms with van der Waals surface area (Å²) >= 11 is 0. The van der Waals surface area contributed by atoms with Crippen molar-refractivity contribution in [2.24, 2.45) is 17.8 Å². The number of halogens is 1. The molecule has 7 rings (SSSR count). The standard InChI is InChI=1S/C28H37FN4O2/c1-20-10-26(35-30-20)18-31-6-8-32(9-7-31)19-27(34)33(17-21-2-4-25(29)5-3-21)28-14-22-11-23(15-28)13-24(12-22)16-28/h2-5,10,22-24H,6-9,11-19H2,1H3. The molecule has 1 aromatic carbocycles. The highest BCUT2D eigenvalue weighted by Gasteiger charge is 2.54. The molecule has 2 heterocycles. The van der Waals surface area contributed by atoms with E-state index in [2.05, 4.69) is 19.9 Å². The second kappa shape index (κ2) is 9.32. The van der Waals surface area contributed by atoms with Crippen molar-refractivity contribution >= 4 is 5.91 Å². The third-order valence-electron chi connectivity index (χ3n) is 9.01. The predicted octanol–water partition coefficient (Wildman–Crippen LogP) is 4.24. The second-order valence-electron chi connectivity index (χ2n) is 11.7. The molecule has 1 amide bonds. The Bertz CT molecular complexity index is 1010. The number of hydrogen-bond donors (Lipinski definition) is 0. The van der Waals surface area contributed by atoms with Crippen LogP contribution in [0.1, 0.15) is 55.5 Å². The number of rotatable bonds is 7. The number of carbonyl (C=O) groups excluding carboxylic acids is 1. The van der Waals surface area contributed by atoms with E-state index >= 15 is 0 Å². The van der Waals surface area contributed by atoms with Crippen LogP contribution < -0.4 is 0 Å². The number of hydrogen-bond acceptors (Lipinski definition) is 5. The average molecular weight is 481 g/mol. The maximum absolute atomic E-state index is 13.9.